The Morgan fingerprint density at radius 1 is 1.05 bits per heavy atom. The standard InChI is InChI=1S/C8H21NO3Si.C7H9N/c1-5-9-7-6-8-13(10-2,11-3)12-4;8-6-7-4-2-1-3-5-7/h9H,5-8H2,1-4H3;1-5H,6,8H2. The smallest absolute Gasteiger partial charge is 0.377 e. The quantitative estimate of drug-likeness (QED) is 0.539. The van der Waals surface area contributed by atoms with E-state index in [4.69, 9.17) is 19.0 Å². The average Bonchev–Trinajstić information content (AvgIpc) is 2.57. The predicted molar refractivity (Wildman–Crippen MR) is 89.1 cm³/mol. The number of nitrogens with two attached hydrogens (primary N) is 1. The molecule has 0 aliphatic heterocycles. The third kappa shape index (κ3) is 8.97. The van der Waals surface area contributed by atoms with Crippen LogP contribution >= 0.6 is 0 Å². The number of rotatable bonds is 9. The SMILES string of the molecule is CCNCCC[Si](OC)(OC)OC.NCc1ccccc1. The average molecular weight is 315 g/mol. The zero-order valence-electron chi connectivity index (χ0n) is 13.7. The summed E-state index contributed by atoms with van der Waals surface area (Å²) >= 11 is 0. The van der Waals surface area contributed by atoms with Gasteiger partial charge in [0, 0.05) is 33.9 Å². The number of hydrogen-bond donors (Lipinski definition) is 2. The van der Waals surface area contributed by atoms with Crippen LogP contribution in [-0.2, 0) is 19.8 Å². The van der Waals surface area contributed by atoms with Crippen LogP contribution in [0.3, 0.4) is 0 Å². The van der Waals surface area contributed by atoms with Crippen LogP contribution in [0.4, 0.5) is 0 Å². The Hall–Kier alpha value is -0.763. The monoisotopic (exact) mass is 314 g/mol. The van der Waals surface area contributed by atoms with Crippen LogP contribution in [0.25, 0.3) is 0 Å². The first-order chi connectivity index (χ1) is 10.2. The van der Waals surface area contributed by atoms with Crippen LogP contribution in [0.5, 0.6) is 0 Å². The molecule has 1 aromatic carbocycles. The third-order valence-corrected chi connectivity index (χ3v) is 5.93. The van der Waals surface area contributed by atoms with Gasteiger partial charge >= 0.3 is 8.80 Å². The highest BCUT2D eigenvalue weighted by Crippen LogP contribution is 2.14. The second-order valence-corrected chi connectivity index (χ2v) is 7.53. The summed E-state index contributed by atoms with van der Waals surface area (Å²) in [6.45, 7) is 4.72. The minimum absolute atomic E-state index is 0.640. The summed E-state index contributed by atoms with van der Waals surface area (Å²) in [5, 5.41) is 3.25. The molecule has 0 saturated heterocycles. The third-order valence-electron chi connectivity index (χ3n) is 3.10. The molecule has 0 atom stereocenters. The van der Waals surface area contributed by atoms with Crippen molar-refractivity contribution in [2.75, 3.05) is 34.4 Å². The Bertz CT molecular complexity index is 327. The second-order valence-electron chi connectivity index (χ2n) is 4.44. The maximum atomic E-state index is 5.35. The van der Waals surface area contributed by atoms with E-state index < -0.39 is 8.80 Å². The van der Waals surface area contributed by atoms with E-state index in [9.17, 15) is 0 Å². The number of benzene rings is 1. The fourth-order valence-electron chi connectivity index (χ4n) is 1.78. The molecule has 0 fully saturated rings. The molecule has 0 spiro atoms. The lowest BCUT2D eigenvalue weighted by Gasteiger charge is -2.24. The van der Waals surface area contributed by atoms with Gasteiger partial charge in [-0.05, 0) is 25.1 Å². The van der Waals surface area contributed by atoms with Crippen LogP contribution in [0.2, 0.25) is 6.04 Å². The van der Waals surface area contributed by atoms with E-state index in [-0.39, 0.29) is 0 Å². The first-order valence-corrected chi connectivity index (χ1v) is 9.21. The van der Waals surface area contributed by atoms with Crippen LogP contribution in [-0.4, -0.2) is 43.2 Å². The fourth-order valence-corrected chi connectivity index (χ4v) is 3.50. The van der Waals surface area contributed by atoms with Crippen LogP contribution in [0, 0.1) is 0 Å². The van der Waals surface area contributed by atoms with Gasteiger partial charge in [0.25, 0.3) is 0 Å². The Morgan fingerprint density at radius 2 is 1.62 bits per heavy atom. The van der Waals surface area contributed by atoms with Crippen molar-refractivity contribution in [2.45, 2.75) is 25.9 Å². The molecule has 0 radical (unpaired) electrons. The van der Waals surface area contributed by atoms with E-state index in [1.54, 1.807) is 21.3 Å². The van der Waals surface area contributed by atoms with Gasteiger partial charge in [0.05, 0.1) is 0 Å². The molecule has 0 aliphatic rings. The Labute approximate surface area is 130 Å². The van der Waals surface area contributed by atoms with E-state index in [2.05, 4.69) is 12.2 Å². The predicted octanol–water partition coefficient (Wildman–Crippen LogP) is 2.01. The molecule has 1 aromatic rings. The summed E-state index contributed by atoms with van der Waals surface area (Å²) in [6, 6.07) is 10.9. The lowest BCUT2D eigenvalue weighted by molar-refractivity contribution is 0.123. The zero-order chi connectivity index (χ0) is 16.0. The van der Waals surface area contributed by atoms with Crippen molar-refractivity contribution in [3.63, 3.8) is 0 Å². The summed E-state index contributed by atoms with van der Waals surface area (Å²) < 4.78 is 15.8. The molecule has 0 aliphatic carbocycles. The lowest BCUT2D eigenvalue weighted by Crippen LogP contribution is -2.43. The molecule has 6 heteroatoms. The van der Waals surface area contributed by atoms with Crippen LogP contribution in [0.15, 0.2) is 30.3 Å². The molecule has 0 unspecified atom stereocenters. The molecular weight excluding hydrogens is 284 g/mol. The molecule has 3 N–H and O–H groups in total. The van der Waals surface area contributed by atoms with Crippen molar-refractivity contribution in [3.05, 3.63) is 35.9 Å². The van der Waals surface area contributed by atoms with Gasteiger partial charge in [-0.25, -0.2) is 0 Å². The molecule has 0 aromatic heterocycles. The Kier molecular flexibility index (Phi) is 12.5. The first kappa shape index (κ1) is 20.2. The summed E-state index contributed by atoms with van der Waals surface area (Å²) in [5.41, 5.74) is 6.54. The highest BCUT2D eigenvalue weighted by molar-refractivity contribution is 6.60. The fraction of sp³-hybridized carbons (Fsp3) is 0.600. The van der Waals surface area contributed by atoms with Crippen molar-refractivity contribution in [1.29, 1.82) is 0 Å². The number of hydrogen-bond acceptors (Lipinski definition) is 5. The van der Waals surface area contributed by atoms with Gasteiger partial charge in [-0.2, -0.15) is 0 Å². The minimum atomic E-state index is -2.31. The minimum Gasteiger partial charge on any atom is -0.377 e. The van der Waals surface area contributed by atoms with E-state index in [0.717, 1.165) is 25.6 Å². The van der Waals surface area contributed by atoms with Crippen LogP contribution in [0.1, 0.15) is 18.9 Å². The number of nitrogens with one attached hydrogen (secondary N) is 1. The van der Waals surface area contributed by atoms with Crippen molar-refractivity contribution in [1.82, 2.24) is 5.32 Å². The van der Waals surface area contributed by atoms with Crippen molar-refractivity contribution >= 4 is 8.80 Å². The highest BCUT2D eigenvalue weighted by Gasteiger charge is 2.36. The Balaban J connectivity index is 0.000000423. The summed E-state index contributed by atoms with van der Waals surface area (Å²) in [7, 11) is 2.63. The van der Waals surface area contributed by atoms with Gasteiger partial charge in [0.15, 0.2) is 0 Å². The van der Waals surface area contributed by atoms with Gasteiger partial charge in [-0.15, -0.1) is 0 Å². The van der Waals surface area contributed by atoms with Gasteiger partial charge in [0.1, 0.15) is 0 Å². The normalized spacial score (nSPS) is 10.9. The molecule has 0 bridgehead atoms. The first-order valence-electron chi connectivity index (χ1n) is 7.28. The zero-order valence-corrected chi connectivity index (χ0v) is 14.7. The van der Waals surface area contributed by atoms with Crippen molar-refractivity contribution in [2.24, 2.45) is 5.73 Å². The summed E-state index contributed by atoms with van der Waals surface area (Å²) in [5.74, 6) is 0. The maximum absolute atomic E-state index is 5.35. The van der Waals surface area contributed by atoms with E-state index in [1.165, 1.54) is 5.56 Å². The molecule has 0 saturated carbocycles. The van der Waals surface area contributed by atoms with E-state index >= 15 is 0 Å². The van der Waals surface area contributed by atoms with Crippen molar-refractivity contribution in [3.8, 4) is 0 Å². The van der Waals surface area contributed by atoms with E-state index in [1.807, 2.05) is 30.3 Å². The molecule has 5 nitrogen and oxygen atoms in total. The summed E-state index contributed by atoms with van der Waals surface area (Å²) in [4.78, 5) is 0. The van der Waals surface area contributed by atoms with Gasteiger partial charge < -0.3 is 24.3 Å². The molecule has 21 heavy (non-hydrogen) atoms. The van der Waals surface area contributed by atoms with E-state index in [0.29, 0.717) is 6.54 Å². The molecule has 122 valence electrons. The topological polar surface area (TPSA) is 65.7 Å². The van der Waals surface area contributed by atoms with Crippen molar-refractivity contribution < 1.29 is 13.3 Å². The summed E-state index contributed by atoms with van der Waals surface area (Å²) in [6.07, 6.45) is 1.02. The lowest BCUT2D eigenvalue weighted by atomic mass is 10.2. The largest absolute Gasteiger partial charge is 0.500 e. The second kappa shape index (κ2) is 12.9. The van der Waals surface area contributed by atoms with Crippen LogP contribution < -0.4 is 11.1 Å². The molecular formula is C15H30N2O3Si. The Morgan fingerprint density at radius 3 is 2.00 bits per heavy atom. The van der Waals surface area contributed by atoms with Gasteiger partial charge in [-0.1, -0.05) is 37.3 Å². The highest BCUT2D eigenvalue weighted by atomic mass is 28.4. The molecule has 0 heterocycles. The molecule has 1 rings (SSSR count). The van der Waals surface area contributed by atoms with Gasteiger partial charge in [0.2, 0.25) is 0 Å². The maximum Gasteiger partial charge on any atom is 0.500 e. The van der Waals surface area contributed by atoms with Gasteiger partial charge in [-0.3, -0.25) is 0 Å². The molecule has 0 amide bonds.